The summed E-state index contributed by atoms with van der Waals surface area (Å²) < 4.78 is 12.4. The first-order valence-electron chi connectivity index (χ1n) is 7.01. The van der Waals surface area contributed by atoms with Gasteiger partial charge in [-0.3, -0.25) is 0 Å². The van der Waals surface area contributed by atoms with Gasteiger partial charge in [0.25, 0.3) is 0 Å². The molecule has 0 radical (unpaired) electrons. The number of benzene rings is 1. The van der Waals surface area contributed by atoms with Gasteiger partial charge in [0.2, 0.25) is 0 Å². The Morgan fingerprint density at radius 1 is 1.14 bits per heavy atom. The summed E-state index contributed by atoms with van der Waals surface area (Å²) in [6, 6.07) is 6.02. The highest BCUT2D eigenvalue weighted by atomic mass is 32.2. The molecule has 1 aliphatic heterocycles. The van der Waals surface area contributed by atoms with Gasteiger partial charge in [-0.05, 0) is 55.8 Å². The van der Waals surface area contributed by atoms with Gasteiger partial charge in [-0.25, -0.2) is 0 Å². The van der Waals surface area contributed by atoms with Crippen LogP contribution in [0.3, 0.4) is 0 Å². The molecule has 0 spiro atoms. The van der Waals surface area contributed by atoms with Crippen LogP contribution in [-0.4, -0.2) is 51.3 Å². The Morgan fingerprint density at radius 3 is 2.43 bits per heavy atom. The number of nitrogens with zero attached hydrogens (tertiary/aromatic N) is 1. The summed E-state index contributed by atoms with van der Waals surface area (Å²) in [4.78, 5) is 2.21. The minimum Gasteiger partial charge on any atom is -0.497 e. The molecule has 1 saturated heterocycles. The zero-order valence-electron chi connectivity index (χ0n) is 13.1. The van der Waals surface area contributed by atoms with Gasteiger partial charge in [-0.15, -0.1) is 23.5 Å². The molecule has 1 aromatic carbocycles. The summed E-state index contributed by atoms with van der Waals surface area (Å²) in [5.41, 5.74) is 2.48. The molecule has 0 saturated carbocycles. The highest BCUT2D eigenvalue weighted by Crippen LogP contribution is 2.43. The second-order valence-corrected chi connectivity index (χ2v) is 7.59. The van der Waals surface area contributed by atoms with Gasteiger partial charge in [0.15, 0.2) is 0 Å². The van der Waals surface area contributed by atoms with E-state index in [4.69, 9.17) is 9.47 Å². The molecule has 0 atom stereocenters. The Morgan fingerprint density at radius 2 is 1.86 bits per heavy atom. The van der Waals surface area contributed by atoms with Gasteiger partial charge in [-0.1, -0.05) is 0 Å². The molecule has 1 heterocycles. The lowest BCUT2D eigenvalue weighted by atomic mass is 10.1. The normalized spacial score (nSPS) is 15.2. The van der Waals surface area contributed by atoms with Crippen molar-refractivity contribution in [3.8, 4) is 11.5 Å². The third kappa shape index (κ3) is 4.34. The van der Waals surface area contributed by atoms with Crippen LogP contribution in [0, 0.1) is 0 Å². The Hall–Kier alpha value is -0.780. The Bertz CT molecular complexity index is 507. The minimum absolute atomic E-state index is 0.869. The molecule has 1 aliphatic rings. The van der Waals surface area contributed by atoms with Gasteiger partial charge >= 0.3 is 0 Å². The number of likely N-dealkylation sites (N-methyl/N-ethyl adjacent to an activating group) is 1. The van der Waals surface area contributed by atoms with Crippen molar-refractivity contribution in [1.82, 2.24) is 4.90 Å². The van der Waals surface area contributed by atoms with Crippen LogP contribution in [-0.2, 0) is 0 Å². The molecule has 116 valence electrons. The molecule has 0 amide bonds. The van der Waals surface area contributed by atoms with Crippen LogP contribution < -0.4 is 9.47 Å². The number of thioether (sulfide) groups is 2. The van der Waals surface area contributed by atoms with Crippen LogP contribution in [0.1, 0.15) is 12.0 Å². The average molecular weight is 325 g/mol. The van der Waals surface area contributed by atoms with E-state index in [2.05, 4.69) is 25.1 Å². The summed E-state index contributed by atoms with van der Waals surface area (Å²) >= 11 is 3.92. The van der Waals surface area contributed by atoms with E-state index < -0.39 is 0 Å². The summed E-state index contributed by atoms with van der Waals surface area (Å²) in [6.45, 7) is 0.902. The molecule has 0 N–H and O–H groups in total. The van der Waals surface area contributed by atoms with Crippen molar-refractivity contribution < 1.29 is 9.47 Å². The van der Waals surface area contributed by atoms with Crippen LogP contribution >= 0.6 is 23.5 Å². The van der Waals surface area contributed by atoms with Gasteiger partial charge in [-0.2, -0.15) is 0 Å². The average Bonchev–Trinajstić information content (AvgIpc) is 2.52. The summed E-state index contributed by atoms with van der Waals surface area (Å²) in [7, 11) is 7.63. The van der Waals surface area contributed by atoms with E-state index >= 15 is 0 Å². The standard InChI is InChI=1S/C16H23NO2S2/c1-17(2)11-14(16-20-8-5-9-21-16)13-10-12(18-3)6-7-15(13)19-4/h6-7,10H,5,8-9,11H2,1-4H3. The van der Waals surface area contributed by atoms with Crippen molar-refractivity contribution in [1.29, 1.82) is 0 Å². The SMILES string of the molecule is COc1ccc(OC)c(C(CN(C)C)=C2SCCCS2)c1. The zero-order valence-corrected chi connectivity index (χ0v) is 14.8. The van der Waals surface area contributed by atoms with E-state index in [0.717, 1.165) is 23.6 Å². The molecule has 2 rings (SSSR count). The topological polar surface area (TPSA) is 21.7 Å². The monoisotopic (exact) mass is 325 g/mol. The number of ether oxygens (including phenoxy) is 2. The maximum Gasteiger partial charge on any atom is 0.126 e. The van der Waals surface area contributed by atoms with Gasteiger partial charge in [0, 0.05) is 16.3 Å². The third-order valence-corrected chi connectivity index (χ3v) is 5.92. The fourth-order valence-corrected chi connectivity index (χ4v) is 4.89. The van der Waals surface area contributed by atoms with Crippen molar-refractivity contribution in [2.45, 2.75) is 6.42 Å². The zero-order chi connectivity index (χ0) is 15.2. The summed E-state index contributed by atoms with van der Waals surface area (Å²) in [5.74, 6) is 4.18. The Balaban J connectivity index is 2.49. The third-order valence-electron chi connectivity index (χ3n) is 3.21. The fraction of sp³-hybridized carbons (Fsp3) is 0.500. The van der Waals surface area contributed by atoms with E-state index in [1.807, 2.05) is 35.7 Å². The maximum atomic E-state index is 5.57. The predicted octanol–water partition coefficient (Wildman–Crippen LogP) is 3.80. The van der Waals surface area contributed by atoms with E-state index in [0.29, 0.717) is 0 Å². The molecule has 1 aromatic rings. The van der Waals surface area contributed by atoms with E-state index in [1.54, 1.807) is 14.2 Å². The van der Waals surface area contributed by atoms with Crippen molar-refractivity contribution in [2.24, 2.45) is 0 Å². The van der Waals surface area contributed by atoms with Crippen LogP contribution in [0.2, 0.25) is 0 Å². The molecule has 0 aromatic heterocycles. The molecule has 3 nitrogen and oxygen atoms in total. The van der Waals surface area contributed by atoms with E-state index in [-0.39, 0.29) is 0 Å². The lowest BCUT2D eigenvalue weighted by Gasteiger charge is -2.23. The first-order valence-corrected chi connectivity index (χ1v) is 8.98. The van der Waals surface area contributed by atoms with E-state index in [9.17, 15) is 0 Å². The van der Waals surface area contributed by atoms with Crippen molar-refractivity contribution >= 4 is 29.1 Å². The highest BCUT2D eigenvalue weighted by molar-refractivity contribution is 8.23. The molecular formula is C16H23NO2S2. The second kappa shape index (κ2) is 8.01. The van der Waals surface area contributed by atoms with Crippen LogP contribution in [0.25, 0.3) is 5.57 Å². The Labute approximate surface area is 136 Å². The molecule has 21 heavy (non-hydrogen) atoms. The van der Waals surface area contributed by atoms with Crippen molar-refractivity contribution in [2.75, 3.05) is 46.4 Å². The van der Waals surface area contributed by atoms with Crippen LogP contribution in [0.15, 0.2) is 22.4 Å². The largest absolute Gasteiger partial charge is 0.497 e. The summed E-state index contributed by atoms with van der Waals surface area (Å²) in [6.07, 6.45) is 1.28. The van der Waals surface area contributed by atoms with Crippen molar-refractivity contribution in [3.05, 3.63) is 28.0 Å². The second-order valence-electron chi connectivity index (χ2n) is 5.12. The molecular weight excluding hydrogens is 302 g/mol. The predicted molar refractivity (Wildman–Crippen MR) is 94.6 cm³/mol. The first kappa shape index (κ1) is 16.6. The molecule has 0 aliphatic carbocycles. The smallest absolute Gasteiger partial charge is 0.126 e. The Kier molecular flexibility index (Phi) is 6.33. The molecule has 0 bridgehead atoms. The van der Waals surface area contributed by atoms with Crippen molar-refractivity contribution in [3.63, 3.8) is 0 Å². The van der Waals surface area contributed by atoms with E-state index in [1.165, 1.54) is 27.7 Å². The molecule has 5 heteroatoms. The lowest BCUT2D eigenvalue weighted by molar-refractivity contribution is 0.401. The molecule has 0 unspecified atom stereocenters. The van der Waals surface area contributed by atoms with Gasteiger partial charge in [0.1, 0.15) is 11.5 Å². The summed E-state index contributed by atoms with van der Waals surface area (Å²) in [5, 5.41) is 0. The van der Waals surface area contributed by atoms with Gasteiger partial charge in [0.05, 0.1) is 14.2 Å². The number of methoxy groups -OCH3 is 2. The number of rotatable bonds is 5. The quantitative estimate of drug-likeness (QED) is 0.818. The number of hydrogen-bond acceptors (Lipinski definition) is 5. The molecule has 1 fully saturated rings. The van der Waals surface area contributed by atoms with Gasteiger partial charge < -0.3 is 14.4 Å². The lowest BCUT2D eigenvalue weighted by Crippen LogP contribution is -2.16. The first-order chi connectivity index (χ1) is 10.2. The number of hydrogen-bond donors (Lipinski definition) is 0. The highest BCUT2D eigenvalue weighted by Gasteiger charge is 2.18. The minimum atomic E-state index is 0.869. The van der Waals surface area contributed by atoms with Crippen LogP contribution in [0.4, 0.5) is 0 Å². The maximum absolute atomic E-state index is 5.57. The fourth-order valence-electron chi connectivity index (χ4n) is 2.23. The van der Waals surface area contributed by atoms with Crippen LogP contribution in [0.5, 0.6) is 11.5 Å².